The molecule has 0 aliphatic carbocycles. The molecule has 2 atom stereocenters. The van der Waals surface area contributed by atoms with Crippen LogP contribution in [0.5, 0.6) is 0 Å². The maximum Gasteiger partial charge on any atom is 0.333 e. The molecular formula is C16H20F2N4. The minimum absolute atomic E-state index is 0.389. The highest BCUT2D eigenvalue weighted by atomic mass is 19.3. The third-order valence-corrected chi connectivity index (χ3v) is 4.30. The van der Waals surface area contributed by atoms with Crippen molar-refractivity contribution in [2.24, 2.45) is 11.7 Å². The number of hydrogen-bond donors (Lipinski definition) is 1. The van der Waals surface area contributed by atoms with Crippen LogP contribution in [0.25, 0.3) is 0 Å². The number of nitrogens with two attached hydrogens (primary N) is 1. The van der Waals surface area contributed by atoms with Crippen LogP contribution in [-0.4, -0.2) is 34.3 Å². The van der Waals surface area contributed by atoms with Crippen LogP contribution in [0, 0.1) is 5.92 Å². The molecule has 0 spiro atoms. The Kier molecular flexibility index (Phi) is 4.49. The molecule has 6 heteroatoms. The Hall–Kier alpha value is -1.79. The van der Waals surface area contributed by atoms with Gasteiger partial charge in [0.05, 0.1) is 5.69 Å². The Labute approximate surface area is 128 Å². The first-order chi connectivity index (χ1) is 10.7. The van der Waals surface area contributed by atoms with E-state index in [0.29, 0.717) is 35.3 Å². The molecule has 1 aromatic heterocycles. The summed E-state index contributed by atoms with van der Waals surface area (Å²) in [6.45, 7) is 0.382. The van der Waals surface area contributed by atoms with Crippen molar-refractivity contribution in [1.82, 2.24) is 14.7 Å². The van der Waals surface area contributed by atoms with E-state index in [4.69, 9.17) is 5.73 Å². The minimum Gasteiger partial charge on any atom is -0.330 e. The average molecular weight is 306 g/mol. The molecule has 2 heterocycles. The summed E-state index contributed by atoms with van der Waals surface area (Å²) >= 11 is 0. The van der Waals surface area contributed by atoms with E-state index >= 15 is 0 Å². The Morgan fingerprint density at radius 1 is 1.18 bits per heavy atom. The highest BCUT2D eigenvalue weighted by molar-refractivity contribution is 5.22. The van der Waals surface area contributed by atoms with E-state index in [1.807, 2.05) is 18.2 Å². The van der Waals surface area contributed by atoms with Crippen molar-refractivity contribution in [1.29, 1.82) is 0 Å². The van der Waals surface area contributed by atoms with E-state index in [-0.39, 0.29) is 0 Å². The molecule has 0 bridgehead atoms. The third-order valence-electron chi connectivity index (χ3n) is 4.30. The molecule has 22 heavy (non-hydrogen) atoms. The first-order valence-electron chi connectivity index (χ1n) is 7.47. The summed E-state index contributed by atoms with van der Waals surface area (Å²) in [5, 5.41) is 3.92. The zero-order valence-electron chi connectivity index (χ0n) is 12.3. The summed E-state index contributed by atoms with van der Waals surface area (Å²) in [6, 6.07) is 12.0. The molecule has 1 aliphatic heterocycles. The van der Waals surface area contributed by atoms with Crippen LogP contribution < -0.4 is 5.73 Å². The first kappa shape index (κ1) is 15.1. The van der Waals surface area contributed by atoms with Crippen LogP contribution in [0.4, 0.5) is 8.78 Å². The second-order valence-corrected chi connectivity index (χ2v) is 5.77. The number of benzene rings is 1. The SMILES string of the molecule is NC[C@@H]1CN(Cc2ccn(C(F)F)n2)C[C@H]1c1ccccc1. The van der Waals surface area contributed by atoms with Gasteiger partial charge < -0.3 is 5.73 Å². The van der Waals surface area contributed by atoms with Gasteiger partial charge in [0, 0.05) is 31.7 Å². The zero-order valence-corrected chi connectivity index (χ0v) is 12.3. The molecule has 2 aromatic rings. The van der Waals surface area contributed by atoms with Gasteiger partial charge in [0.1, 0.15) is 0 Å². The van der Waals surface area contributed by atoms with Gasteiger partial charge in [-0.1, -0.05) is 30.3 Å². The zero-order chi connectivity index (χ0) is 15.5. The number of halogens is 2. The van der Waals surface area contributed by atoms with Gasteiger partial charge in [-0.2, -0.15) is 13.9 Å². The number of rotatable bonds is 5. The lowest BCUT2D eigenvalue weighted by Gasteiger charge is -2.16. The van der Waals surface area contributed by atoms with Crippen molar-refractivity contribution >= 4 is 0 Å². The van der Waals surface area contributed by atoms with E-state index in [2.05, 4.69) is 22.1 Å². The molecule has 2 N–H and O–H groups in total. The van der Waals surface area contributed by atoms with Gasteiger partial charge in [0.25, 0.3) is 0 Å². The standard InChI is InChI=1S/C16H20F2N4/c17-16(18)22-7-6-14(20-22)10-21-9-13(8-19)15(11-21)12-4-2-1-3-5-12/h1-7,13,15-16H,8-11,19H2/t13-,15+/m1/s1. The van der Waals surface area contributed by atoms with E-state index in [0.717, 1.165) is 13.1 Å². The van der Waals surface area contributed by atoms with Gasteiger partial charge in [0.15, 0.2) is 0 Å². The van der Waals surface area contributed by atoms with Crippen molar-refractivity contribution in [2.45, 2.75) is 19.0 Å². The van der Waals surface area contributed by atoms with Crippen molar-refractivity contribution in [3.8, 4) is 0 Å². The monoisotopic (exact) mass is 306 g/mol. The fourth-order valence-corrected chi connectivity index (χ4v) is 3.21. The van der Waals surface area contributed by atoms with Crippen LogP contribution in [-0.2, 0) is 6.54 Å². The lowest BCUT2D eigenvalue weighted by Crippen LogP contribution is -2.23. The predicted molar refractivity (Wildman–Crippen MR) is 80.5 cm³/mol. The van der Waals surface area contributed by atoms with Crippen LogP contribution >= 0.6 is 0 Å². The van der Waals surface area contributed by atoms with Crippen molar-refractivity contribution in [2.75, 3.05) is 19.6 Å². The summed E-state index contributed by atoms with van der Waals surface area (Å²) in [4.78, 5) is 2.24. The maximum atomic E-state index is 12.6. The molecular weight excluding hydrogens is 286 g/mol. The number of hydrogen-bond acceptors (Lipinski definition) is 3. The van der Waals surface area contributed by atoms with Crippen molar-refractivity contribution in [3.63, 3.8) is 0 Å². The molecule has 0 amide bonds. The van der Waals surface area contributed by atoms with Gasteiger partial charge in [-0.05, 0) is 24.1 Å². The summed E-state index contributed by atoms with van der Waals surface area (Å²) in [5.41, 5.74) is 7.88. The summed E-state index contributed by atoms with van der Waals surface area (Å²) in [5.74, 6) is 0.781. The Morgan fingerprint density at radius 3 is 2.59 bits per heavy atom. The predicted octanol–water partition coefficient (Wildman–Crippen LogP) is 2.45. The van der Waals surface area contributed by atoms with Crippen LogP contribution in [0.15, 0.2) is 42.6 Å². The average Bonchev–Trinajstić information content (AvgIpc) is 3.15. The third kappa shape index (κ3) is 3.18. The number of nitrogens with zero attached hydrogens (tertiary/aromatic N) is 3. The summed E-state index contributed by atoms with van der Waals surface area (Å²) < 4.78 is 25.8. The Balaban J connectivity index is 1.68. The minimum atomic E-state index is -2.58. The normalized spacial score (nSPS) is 22.5. The largest absolute Gasteiger partial charge is 0.333 e. The molecule has 1 aromatic carbocycles. The molecule has 0 unspecified atom stereocenters. The fourth-order valence-electron chi connectivity index (χ4n) is 3.21. The highest BCUT2D eigenvalue weighted by Crippen LogP contribution is 2.32. The van der Waals surface area contributed by atoms with Gasteiger partial charge in [-0.15, -0.1) is 0 Å². The molecule has 0 saturated carbocycles. The van der Waals surface area contributed by atoms with E-state index in [9.17, 15) is 8.78 Å². The lowest BCUT2D eigenvalue weighted by atomic mass is 9.89. The molecule has 4 nitrogen and oxygen atoms in total. The number of aromatic nitrogens is 2. The fraction of sp³-hybridized carbons (Fsp3) is 0.438. The molecule has 1 aliphatic rings. The van der Waals surface area contributed by atoms with Crippen molar-refractivity contribution < 1.29 is 8.78 Å². The van der Waals surface area contributed by atoms with Gasteiger partial charge in [-0.25, -0.2) is 4.68 Å². The van der Waals surface area contributed by atoms with Gasteiger partial charge in [-0.3, -0.25) is 4.90 Å². The molecule has 118 valence electrons. The molecule has 1 fully saturated rings. The summed E-state index contributed by atoms with van der Waals surface area (Å²) in [7, 11) is 0. The molecule has 0 radical (unpaired) electrons. The van der Waals surface area contributed by atoms with E-state index in [1.165, 1.54) is 11.8 Å². The lowest BCUT2D eigenvalue weighted by molar-refractivity contribution is 0.0558. The number of likely N-dealkylation sites (tertiary alicyclic amines) is 1. The topological polar surface area (TPSA) is 47.1 Å². The second-order valence-electron chi connectivity index (χ2n) is 5.77. The smallest absolute Gasteiger partial charge is 0.330 e. The van der Waals surface area contributed by atoms with E-state index < -0.39 is 6.55 Å². The van der Waals surface area contributed by atoms with Crippen LogP contribution in [0.2, 0.25) is 0 Å². The van der Waals surface area contributed by atoms with Gasteiger partial charge in [0.2, 0.25) is 0 Å². The maximum absolute atomic E-state index is 12.6. The van der Waals surface area contributed by atoms with Crippen LogP contribution in [0.1, 0.15) is 23.7 Å². The van der Waals surface area contributed by atoms with Crippen molar-refractivity contribution in [3.05, 3.63) is 53.9 Å². The molecule has 1 saturated heterocycles. The first-order valence-corrected chi connectivity index (χ1v) is 7.47. The molecule has 3 rings (SSSR count). The Bertz CT molecular complexity index is 599. The highest BCUT2D eigenvalue weighted by Gasteiger charge is 2.32. The summed E-state index contributed by atoms with van der Waals surface area (Å²) in [6.07, 6.45) is 1.32. The van der Waals surface area contributed by atoms with E-state index in [1.54, 1.807) is 6.07 Å². The quantitative estimate of drug-likeness (QED) is 0.923. The number of alkyl halides is 2. The van der Waals surface area contributed by atoms with Crippen LogP contribution in [0.3, 0.4) is 0 Å². The van der Waals surface area contributed by atoms with Gasteiger partial charge >= 0.3 is 6.55 Å². The Morgan fingerprint density at radius 2 is 1.95 bits per heavy atom. The second kappa shape index (κ2) is 6.54.